The first-order chi connectivity index (χ1) is 19.8. The number of rotatable bonds is 7. The van der Waals surface area contributed by atoms with Gasteiger partial charge in [0.05, 0.1) is 18.9 Å². The summed E-state index contributed by atoms with van der Waals surface area (Å²) in [6.07, 6.45) is -4.44. The summed E-state index contributed by atoms with van der Waals surface area (Å²) in [6.45, 7) is 2.48. The normalized spacial score (nSPS) is 21.8. The Hall–Kier alpha value is -3.80. The molecular formula is C30H31F3N6O2. The minimum Gasteiger partial charge on any atom is -0.496 e. The third-order valence-electron chi connectivity index (χ3n) is 8.10. The highest BCUT2D eigenvalue weighted by Gasteiger charge is 2.44. The van der Waals surface area contributed by atoms with Crippen LogP contribution in [-0.4, -0.2) is 80.0 Å². The molecule has 2 aliphatic rings. The number of methoxy groups -OCH3 is 1. The van der Waals surface area contributed by atoms with E-state index in [2.05, 4.69) is 49.6 Å². The first kappa shape index (κ1) is 27.4. The highest BCUT2D eigenvalue weighted by atomic mass is 19.4. The molecule has 1 N–H and O–H groups in total. The third-order valence-corrected chi connectivity index (χ3v) is 8.10. The van der Waals surface area contributed by atoms with Crippen molar-refractivity contribution in [3.63, 3.8) is 0 Å². The number of aliphatic hydroxyl groups excluding tert-OH is 1. The summed E-state index contributed by atoms with van der Waals surface area (Å²) in [5.74, 6) is -0.545. The fourth-order valence-electron chi connectivity index (χ4n) is 6.43. The second-order valence-electron chi connectivity index (χ2n) is 10.7. The van der Waals surface area contributed by atoms with Crippen molar-refractivity contribution >= 4 is 0 Å². The van der Waals surface area contributed by atoms with Crippen molar-refractivity contribution in [2.75, 3.05) is 26.7 Å². The Morgan fingerprint density at radius 1 is 0.951 bits per heavy atom. The predicted octanol–water partition coefficient (Wildman–Crippen LogP) is 4.14. The minimum absolute atomic E-state index is 0.0665. The van der Waals surface area contributed by atoms with Gasteiger partial charge < -0.3 is 9.84 Å². The summed E-state index contributed by atoms with van der Waals surface area (Å²) >= 11 is 0. The molecule has 2 aliphatic heterocycles. The molecule has 0 spiro atoms. The maximum Gasteiger partial charge on any atom is 0.453 e. The Labute approximate surface area is 236 Å². The molecule has 41 heavy (non-hydrogen) atoms. The quantitative estimate of drug-likeness (QED) is 0.362. The number of ether oxygens (including phenoxy) is 1. The molecule has 0 saturated carbocycles. The Bertz CT molecular complexity index is 1430. The van der Waals surface area contributed by atoms with Crippen LogP contribution >= 0.6 is 0 Å². The summed E-state index contributed by atoms with van der Waals surface area (Å²) in [7, 11) is 1.55. The molecule has 2 unspecified atom stereocenters. The van der Waals surface area contributed by atoms with Crippen LogP contribution in [0, 0.1) is 0 Å². The van der Waals surface area contributed by atoms with Crippen LogP contribution in [0.15, 0.2) is 78.9 Å². The van der Waals surface area contributed by atoms with Gasteiger partial charge in [0.1, 0.15) is 5.75 Å². The first-order valence-electron chi connectivity index (χ1n) is 13.6. The van der Waals surface area contributed by atoms with Gasteiger partial charge >= 0.3 is 6.18 Å². The third kappa shape index (κ3) is 5.57. The van der Waals surface area contributed by atoms with E-state index in [4.69, 9.17) is 4.74 Å². The maximum absolute atomic E-state index is 13.5. The fraction of sp³-hybridized carbons (Fsp3) is 0.367. The highest BCUT2D eigenvalue weighted by Crippen LogP contribution is 2.38. The smallest absolute Gasteiger partial charge is 0.453 e. The molecule has 0 aliphatic carbocycles. The van der Waals surface area contributed by atoms with Crippen molar-refractivity contribution in [3.05, 3.63) is 101 Å². The van der Waals surface area contributed by atoms with E-state index in [-0.39, 0.29) is 23.7 Å². The number of benzene rings is 3. The number of fused-ring (bicyclic) bond motifs is 1. The topological polar surface area (TPSA) is 79.5 Å². The number of halogens is 3. The Kier molecular flexibility index (Phi) is 7.50. The van der Waals surface area contributed by atoms with Crippen molar-refractivity contribution in [1.29, 1.82) is 0 Å². The maximum atomic E-state index is 13.5. The molecule has 11 heteroatoms. The lowest BCUT2D eigenvalue weighted by molar-refractivity contribution is -0.146. The van der Waals surface area contributed by atoms with Crippen LogP contribution in [0.1, 0.15) is 34.9 Å². The summed E-state index contributed by atoms with van der Waals surface area (Å²) in [6, 6.07) is 25.8. The molecule has 0 amide bonds. The highest BCUT2D eigenvalue weighted by molar-refractivity contribution is 5.44. The zero-order valence-electron chi connectivity index (χ0n) is 22.5. The lowest BCUT2D eigenvalue weighted by atomic mass is 9.82. The summed E-state index contributed by atoms with van der Waals surface area (Å²) < 4.78 is 46.9. The van der Waals surface area contributed by atoms with Crippen LogP contribution in [0.5, 0.6) is 5.75 Å². The van der Waals surface area contributed by atoms with Crippen LogP contribution in [0.3, 0.4) is 0 Å². The van der Waals surface area contributed by atoms with E-state index in [1.807, 2.05) is 36.4 Å². The van der Waals surface area contributed by atoms with E-state index >= 15 is 0 Å². The van der Waals surface area contributed by atoms with Crippen LogP contribution in [0.4, 0.5) is 13.2 Å². The molecule has 2 fully saturated rings. The van der Waals surface area contributed by atoms with E-state index in [0.717, 1.165) is 12.1 Å². The zero-order valence-corrected chi connectivity index (χ0v) is 22.5. The number of hydrogen-bond acceptors (Lipinski definition) is 7. The Morgan fingerprint density at radius 2 is 1.63 bits per heavy atom. The predicted molar refractivity (Wildman–Crippen MR) is 146 cm³/mol. The lowest BCUT2D eigenvalue weighted by Gasteiger charge is -2.47. The van der Waals surface area contributed by atoms with Crippen LogP contribution < -0.4 is 4.74 Å². The molecule has 3 atom stereocenters. The average Bonchev–Trinajstić information content (AvgIpc) is 3.61. The molecule has 0 bridgehead atoms. The first-order valence-corrected chi connectivity index (χ1v) is 13.6. The summed E-state index contributed by atoms with van der Waals surface area (Å²) in [5, 5.41) is 20.7. The van der Waals surface area contributed by atoms with Gasteiger partial charge in [-0.3, -0.25) is 9.80 Å². The second-order valence-corrected chi connectivity index (χ2v) is 10.7. The molecule has 2 saturated heterocycles. The molecule has 214 valence electrons. The number of aliphatic hydroxyl groups is 1. The van der Waals surface area contributed by atoms with Crippen LogP contribution in [0.25, 0.3) is 5.69 Å². The van der Waals surface area contributed by atoms with Crippen molar-refractivity contribution < 1.29 is 23.0 Å². The van der Waals surface area contributed by atoms with Gasteiger partial charge in [0, 0.05) is 49.7 Å². The lowest BCUT2D eigenvalue weighted by Crippen LogP contribution is -2.58. The van der Waals surface area contributed by atoms with Crippen molar-refractivity contribution in [1.82, 2.24) is 30.0 Å². The van der Waals surface area contributed by atoms with Crippen LogP contribution in [-0.2, 0) is 12.7 Å². The number of nitrogens with zero attached hydrogens (tertiary/aromatic N) is 6. The number of aromatic nitrogens is 4. The molecule has 3 aromatic carbocycles. The van der Waals surface area contributed by atoms with Crippen LogP contribution in [0.2, 0.25) is 0 Å². The van der Waals surface area contributed by atoms with E-state index in [1.165, 1.54) is 17.2 Å². The van der Waals surface area contributed by atoms with Gasteiger partial charge in [0.2, 0.25) is 0 Å². The van der Waals surface area contributed by atoms with Gasteiger partial charge in [0.25, 0.3) is 5.82 Å². The number of piperazine rings is 1. The van der Waals surface area contributed by atoms with Gasteiger partial charge in [-0.25, -0.2) is 0 Å². The van der Waals surface area contributed by atoms with Crippen molar-refractivity contribution in [2.45, 2.75) is 43.2 Å². The van der Waals surface area contributed by atoms with Gasteiger partial charge in [-0.2, -0.15) is 17.9 Å². The van der Waals surface area contributed by atoms with Gasteiger partial charge in [-0.15, -0.1) is 5.10 Å². The number of alkyl halides is 3. The standard InChI is InChI=1S/C30H31F3N6O2/c1-41-27-13-12-23(39-29(30(31,32)33)34-35-36-39)14-22(27)16-37-17-24-15-25(40)18-38(24)26(19-37)28(20-8-4-2-5-9-20)21-10-6-3-7-11-21/h2-14,24-26,28,40H,15-19H2,1H3/t24-,25?,26?/m0/s1. The molecule has 3 heterocycles. The molecule has 1 aromatic heterocycles. The fourth-order valence-corrected chi connectivity index (χ4v) is 6.43. The molecule has 8 nitrogen and oxygen atoms in total. The number of tetrazole rings is 1. The largest absolute Gasteiger partial charge is 0.496 e. The monoisotopic (exact) mass is 564 g/mol. The van der Waals surface area contributed by atoms with Crippen molar-refractivity contribution in [3.8, 4) is 11.4 Å². The SMILES string of the molecule is COc1ccc(-n2nnnc2C(F)(F)F)cc1CN1CC(C(c2ccccc2)c2ccccc2)N2CC(O)C[C@H]2C1. The second kappa shape index (κ2) is 11.2. The Balaban J connectivity index is 1.35. The molecular weight excluding hydrogens is 533 g/mol. The summed E-state index contributed by atoms with van der Waals surface area (Å²) in [5.41, 5.74) is 3.33. The molecule has 4 aromatic rings. The van der Waals surface area contributed by atoms with Gasteiger partial charge in [-0.1, -0.05) is 60.7 Å². The van der Waals surface area contributed by atoms with E-state index in [1.54, 1.807) is 19.2 Å². The van der Waals surface area contributed by atoms with Gasteiger partial charge in [0.15, 0.2) is 0 Å². The van der Waals surface area contributed by atoms with Gasteiger partial charge in [-0.05, 0) is 46.2 Å². The Morgan fingerprint density at radius 3 is 2.27 bits per heavy atom. The van der Waals surface area contributed by atoms with E-state index in [9.17, 15) is 18.3 Å². The summed E-state index contributed by atoms with van der Waals surface area (Å²) in [4.78, 5) is 4.75. The molecule has 6 rings (SSSR count). The van der Waals surface area contributed by atoms with Crippen molar-refractivity contribution in [2.24, 2.45) is 0 Å². The molecule has 0 radical (unpaired) electrons. The van der Waals surface area contributed by atoms with E-state index < -0.39 is 18.1 Å². The minimum atomic E-state index is -4.69. The average molecular weight is 565 g/mol. The zero-order chi connectivity index (χ0) is 28.6. The number of hydrogen-bond donors (Lipinski definition) is 1. The van der Waals surface area contributed by atoms with E-state index in [0.29, 0.717) is 36.5 Å².